The molecular formula is C18H26N2O3. The number of hydrogen-bond acceptors (Lipinski definition) is 5. The second-order valence-electron chi connectivity index (χ2n) is 6.71. The molecule has 2 aliphatic heterocycles. The van der Waals surface area contributed by atoms with E-state index in [1.807, 2.05) is 30.3 Å². The molecule has 1 aromatic carbocycles. The number of nitrogens with zero attached hydrogens (tertiary/aromatic N) is 2. The Morgan fingerprint density at radius 1 is 1.17 bits per heavy atom. The monoisotopic (exact) mass is 318 g/mol. The number of hydrazine groups is 1. The normalized spacial score (nSPS) is 30.0. The number of hydrogen-bond donors (Lipinski definition) is 1. The van der Waals surface area contributed by atoms with E-state index in [0.29, 0.717) is 12.1 Å². The first-order valence-electron chi connectivity index (χ1n) is 8.42. The van der Waals surface area contributed by atoms with Crippen molar-refractivity contribution in [2.45, 2.75) is 49.8 Å². The summed E-state index contributed by atoms with van der Waals surface area (Å²) >= 11 is 0. The van der Waals surface area contributed by atoms with Gasteiger partial charge in [0.05, 0.1) is 6.61 Å². The van der Waals surface area contributed by atoms with Gasteiger partial charge in [0.15, 0.2) is 0 Å². The van der Waals surface area contributed by atoms with Crippen molar-refractivity contribution in [2.24, 2.45) is 0 Å². The van der Waals surface area contributed by atoms with Crippen LogP contribution in [-0.2, 0) is 9.53 Å². The average molecular weight is 318 g/mol. The lowest BCUT2D eigenvalue weighted by molar-refractivity contribution is -0.152. The molecule has 1 saturated carbocycles. The van der Waals surface area contributed by atoms with Crippen LogP contribution in [0.2, 0.25) is 0 Å². The van der Waals surface area contributed by atoms with Crippen molar-refractivity contribution in [3.8, 4) is 0 Å². The van der Waals surface area contributed by atoms with E-state index < -0.39 is 5.92 Å². The molecule has 0 spiro atoms. The number of rotatable bonds is 4. The molecule has 3 aliphatic rings. The number of benzene rings is 1. The maximum absolute atomic E-state index is 12.5. The van der Waals surface area contributed by atoms with Crippen LogP contribution in [0.3, 0.4) is 0 Å². The third kappa shape index (κ3) is 3.42. The number of esters is 1. The zero-order chi connectivity index (χ0) is 16.4. The van der Waals surface area contributed by atoms with Crippen LogP contribution in [-0.4, -0.2) is 60.0 Å². The molecule has 1 unspecified atom stereocenters. The maximum atomic E-state index is 12.5. The molecule has 0 radical (unpaired) electrons. The lowest BCUT2D eigenvalue weighted by Gasteiger charge is -2.42. The molecular weight excluding hydrogens is 292 g/mol. The highest BCUT2D eigenvalue weighted by Gasteiger charge is 2.39. The minimum Gasteiger partial charge on any atom is -0.462 e. The minimum absolute atomic E-state index is 0.0647. The summed E-state index contributed by atoms with van der Waals surface area (Å²) in [4.78, 5) is 12.5. The van der Waals surface area contributed by atoms with Crippen molar-refractivity contribution in [3.05, 3.63) is 35.9 Å². The smallest absolute Gasteiger partial charge is 0.316 e. The number of fused-ring (bicyclic) bond motifs is 4. The van der Waals surface area contributed by atoms with Gasteiger partial charge in [-0.3, -0.25) is 4.79 Å². The van der Waals surface area contributed by atoms with Crippen LogP contribution in [0.25, 0.3) is 0 Å². The number of aliphatic hydroxyl groups excluding tert-OH is 1. The van der Waals surface area contributed by atoms with Crippen LogP contribution in [0.1, 0.15) is 37.2 Å². The zero-order valence-corrected chi connectivity index (χ0v) is 13.9. The van der Waals surface area contributed by atoms with E-state index in [9.17, 15) is 9.90 Å². The van der Waals surface area contributed by atoms with Gasteiger partial charge < -0.3 is 9.84 Å². The van der Waals surface area contributed by atoms with E-state index in [1.54, 1.807) is 0 Å². The van der Waals surface area contributed by atoms with Crippen LogP contribution in [0.15, 0.2) is 30.3 Å². The van der Waals surface area contributed by atoms with Gasteiger partial charge in [-0.05, 0) is 18.4 Å². The number of carbonyl (C=O) groups is 1. The fraction of sp³-hybridized carbons (Fsp3) is 0.611. The van der Waals surface area contributed by atoms with E-state index in [4.69, 9.17) is 4.74 Å². The van der Waals surface area contributed by atoms with Crippen molar-refractivity contribution >= 4 is 5.97 Å². The summed E-state index contributed by atoms with van der Waals surface area (Å²) in [6.45, 7) is -0.220. The van der Waals surface area contributed by atoms with Gasteiger partial charge in [-0.2, -0.15) is 0 Å². The second kappa shape index (κ2) is 6.99. The molecule has 2 heterocycles. The molecule has 4 rings (SSSR count). The van der Waals surface area contributed by atoms with Gasteiger partial charge >= 0.3 is 5.97 Å². The first kappa shape index (κ1) is 16.4. The van der Waals surface area contributed by atoms with E-state index in [2.05, 4.69) is 24.1 Å². The zero-order valence-electron chi connectivity index (χ0n) is 13.9. The summed E-state index contributed by atoms with van der Waals surface area (Å²) in [6, 6.07) is 10.2. The predicted octanol–water partition coefficient (Wildman–Crippen LogP) is 1.78. The Bertz CT molecular complexity index is 518. The first-order chi connectivity index (χ1) is 11.1. The van der Waals surface area contributed by atoms with Crippen LogP contribution in [0, 0.1) is 0 Å². The van der Waals surface area contributed by atoms with Crippen molar-refractivity contribution in [2.75, 3.05) is 20.7 Å². The molecule has 5 nitrogen and oxygen atoms in total. The summed E-state index contributed by atoms with van der Waals surface area (Å²) in [6.07, 6.45) is 3.99. The van der Waals surface area contributed by atoms with E-state index in [0.717, 1.165) is 31.2 Å². The van der Waals surface area contributed by atoms with Crippen molar-refractivity contribution in [3.63, 3.8) is 0 Å². The summed E-state index contributed by atoms with van der Waals surface area (Å²) in [7, 11) is 4.23. The Kier molecular flexibility index (Phi) is 4.99. The van der Waals surface area contributed by atoms with E-state index in [-0.39, 0.29) is 18.7 Å². The van der Waals surface area contributed by atoms with Gasteiger partial charge in [-0.15, -0.1) is 0 Å². The van der Waals surface area contributed by atoms with Crippen LogP contribution in [0.4, 0.5) is 0 Å². The fourth-order valence-corrected chi connectivity index (χ4v) is 3.86. The molecule has 0 amide bonds. The predicted molar refractivity (Wildman–Crippen MR) is 87.7 cm³/mol. The number of aliphatic hydroxyl groups is 1. The first-order valence-corrected chi connectivity index (χ1v) is 8.42. The van der Waals surface area contributed by atoms with Gasteiger partial charge in [-0.1, -0.05) is 30.3 Å². The summed E-state index contributed by atoms with van der Waals surface area (Å²) in [5.74, 6) is -0.900. The topological polar surface area (TPSA) is 53.0 Å². The quantitative estimate of drug-likeness (QED) is 0.858. The molecule has 5 heteroatoms. The number of carbonyl (C=O) groups excluding carboxylic acids is 1. The lowest BCUT2D eigenvalue weighted by atomic mass is 10.00. The molecule has 1 aliphatic carbocycles. The third-order valence-corrected chi connectivity index (χ3v) is 5.41. The molecule has 23 heavy (non-hydrogen) atoms. The standard InChI is InChI=1S/C18H26N2O3/c1-19-14-8-9-15(20(19)2)11-16(10-14)23-18(22)17(12-21)13-6-4-3-5-7-13/h3-7,14-17,21H,8-12H2,1-2H3/t14-,15-,17?/m1/s1. The third-order valence-electron chi connectivity index (χ3n) is 5.41. The molecule has 2 bridgehead atoms. The molecule has 1 aromatic rings. The molecule has 126 valence electrons. The van der Waals surface area contributed by atoms with Gasteiger partial charge in [0, 0.05) is 39.0 Å². The molecule has 0 aromatic heterocycles. The summed E-state index contributed by atoms with van der Waals surface area (Å²) in [5, 5.41) is 14.2. The van der Waals surface area contributed by atoms with Gasteiger partial charge in [0.1, 0.15) is 12.0 Å². The fourth-order valence-electron chi connectivity index (χ4n) is 3.86. The Balaban J connectivity index is 1.68. The Morgan fingerprint density at radius 2 is 1.74 bits per heavy atom. The minimum atomic E-state index is -0.590. The average Bonchev–Trinajstić information content (AvgIpc) is 2.82. The summed E-state index contributed by atoms with van der Waals surface area (Å²) < 4.78 is 5.80. The second-order valence-corrected chi connectivity index (χ2v) is 6.71. The highest BCUT2D eigenvalue weighted by Crippen LogP contribution is 2.33. The van der Waals surface area contributed by atoms with Crippen LogP contribution in [0.5, 0.6) is 0 Å². The van der Waals surface area contributed by atoms with Gasteiger partial charge in [0.25, 0.3) is 0 Å². The molecule has 1 N–H and O–H groups in total. The van der Waals surface area contributed by atoms with Crippen molar-refractivity contribution < 1.29 is 14.6 Å². The highest BCUT2D eigenvalue weighted by atomic mass is 16.5. The van der Waals surface area contributed by atoms with Crippen LogP contribution >= 0.6 is 0 Å². The Morgan fingerprint density at radius 3 is 2.26 bits per heavy atom. The van der Waals surface area contributed by atoms with E-state index in [1.165, 1.54) is 0 Å². The lowest BCUT2D eigenvalue weighted by Crippen LogP contribution is -2.51. The van der Waals surface area contributed by atoms with Gasteiger partial charge in [-0.25, -0.2) is 10.0 Å². The van der Waals surface area contributed by atoms with Crippen molar-refractivity contribution in [1.29, 1.82) is 0 Å². The molecule has 3 fully saturated rings. The SMILES string of the molecule is CN1[C@@H]2CC[C@H](CC(OC(=O)C(CO)c3ccccc3)C2)N1C. The van der Waals surface area contributed by atoms with E-state index >= 15 is 0 Å². The maximum Gasteiger partial charge on any atom is 0.316 e. The van der Waals surface area contributed by atoms with Gasteiger partial charge in [0.2, 0.25) is 0 Å². The molecule has 2 saturated heterocycles. The summed E-state index contributed by atoms with van der Waals surface area (Å²) in [5.41, 5.74) is 0.811. The largest absolute Gasteiger partial charge is 0.462 e. The Labute approximate surface area is 137 Å². The van der Waals surface area contributed by atoms with Crippen LogP contribution < -0.4 is 0 Å². The molecule has 3 atom stereocenters. The Hall–Kier alpha value is -1.43. The number of ether oxygens (including phenoxy) is 1. The van der Waals surface area contributed by atoms with Crippen molar-refractivity contribution in [1.82, 2.24) is 10.0 Å². The highest BCUT2D eigenvalue weighted by molar-refractivity contribution is 5.78.